The SMILES string of the molecule is Cc1ccc(C(=O)c2cccc(N3C(=O)c4ccc(C(=O)c5cccc([N+](=O)[O-])c5)cc4C3=O)c2)cc1C. The fourth-order valence-electron chi connectivity index (χ4n) is 4.38. The third kappa shape index (κ3) is 4.18. The van der Waals surface area contributed by atoms with Crippen molar-refractivity contribution in [2.75, 3.05) is 4.90 Å². The Balaban J connectivity index is 1.46. The highest BCUT2D eigenvalue weighted by atomic mass is 16.6. The van der Waals surface area contributed by atoms with Gasteiger partial charge >= 0.3 is 0 Å². The van der Waals surface area contributed by atoms with Gasteiger partial charge in [-0.2, -0.15) is 0 Å². The van der Waals surface area contributed by atoms with Gasteiger partial charge in [0.15, 0.2) is 11.6 Å². The van der Waals surface area contributed by atoms with Gasteiger partial charge in [-0.05, 0) is 55.3 Å². The van der Waals surface area contributed by atoms with Crippen LogP contribution in [0.4, 0.5) is 11.4 Å². The summed E-state index contributed by atoms with van der Waals surface area (Å²) in [6.07, 6.45) is 0. The molecule has 0 aromatic heterocycles. The summed E-state index contributed by atoms with van der Waals surface area (Å²) in [5.41, 5.74) is 3.22. The fourth-order valence-corrected chi connectivity index (χ4v) is 4.38. The second-order valence-corrected chi connectivity index (χ2v) is 9.02. The molecule has 0 saturated heterocycles. The molecule has 0 radical (unpaired) electrons. The van der Waals surface area contributed by atoms with Gasteiger partial charge in [0.2, 0.25) is 0 Å². The van der Waals surface area contributed by atoms with E-state index in [1.165, 1.54) is 42.5 Å². The molecule has 0 bridgehead atoms. The Morgan fingerprint density at radius 1 is 0.658 bits per heavy atom. The van der Waals surface area contributed by atoms with Crippen molar-refractivity contribution >= 4 is 34.8 Å². The Morgan fingerprint density at radius 3 is 1.92 bits per heavy atom. The molecule has 8 nitrogen and oxygen atoms in total. The zero-order chi connectivity index (χ0) is 27.1. The Hall–Kier alpha value is -5.24. The predicted octanol–water partition coefficient (Wildman–Crippen LogP) is 5.47. The van der Waals surface area contributed by atoms with Crippen LogP contribution >= 0.6 is 0 Å². The third-order valence-corrected chi connectivity index (χ3v) is 6.60. The monoisotopic (exact) mass is 504 g/mol. The van der Waals surface area contributed by atoms with Gasteiger partial charge in [-0.15, -0.1) is 0 Å². The molecule has 1 aliphatic rings. The van der Waals surface area contributed by atoms with E-state index in [4.69, 9.17) is 0 Å². The molecule has 2 amide bonds. The number of carbonyl (C=O) groups is 4. The molecule has 0 fully saturated rings. The molecule has 0 saturated carbocycles. The van der Waals surface area contributed by atoms with Crippen LogP contribution in [0.25, 0.3) is 0 Å². The van der Waals surface area contributed by atoms with Gasteiger partial charge in [-0.1, -0.05) is 42.5 Å². The van der Waals surface area contributed by atoms with E-state index < -0.39 is 22.5 Å². The van der Waals surface area contributed by atoms with Crippen LogP contribution < -0.4 is 4.90 Å². The number of ketones is 2. The second-order valence-electron chi connectivity index (χ2n) is 9.02. The topological polar surface area (TPSA) is 115 Å². The molecule has 0 N–H and O–H groups in total. The maximum absolute atomic E-state index is 13.3. The first-order valence-corrected chi connectivity index (χ1v) is 11.7. The van der Waals surface area contributed by atoms with Crippen LogP contribution in [0.2, 0.25) is 0 Å². The van der Waals surface area contributed by atoms with Gasteiger partial charge in [-0.3, -0.25) is 29.3 Å². The lowest BCUT2D eigenvalue weighted by molar-refractivity contribution is -0.384. The number of nitrogens with zero attached hydrogens (tertiary/aromatic N) is 2. The van der Waals surface area contributed by atoms with E-state index in [0.717, 1.165) is 22.1 Å². The van der Waals surface area contributed by atoms with E-state index in [2.05, 4.69) is 0 Å². The molecule has 8 heteroatoms. The maximum Gasteiger partial charge on any atom is 0.270 e. The van der Waals surface area contributed by atoms with E-state index in [-0.39, 0.29) is 39.4 Å². The number of hydrogen-bond acceptors (Lipinski definition) is 6. The number of benzene rings is 4. The van der Waals surface area contributed by atoms with E-state index in [0.29, 0.717) is 11.1 Å². The first kappa shape index (κ1) is 24.5. The summed E-state index contributed by atoms with van der Waals surface area (Å²) in [4.78, 5) is 64.0. The van der Waals surface area contributed by atoms with Gasteiger partial charge in [0.05, 0.1) is 21.7 Å². The Labute approximate surface area is 217 Å². The summed E-state index contributed by atoms with van der Waals surface area (Å²) >= 11 is 0. The number of rotatable bonds is 6. The number of carbonyl (C=O) groups excluding carboxylic acids is 4. The van der Waals surface area contributed by atoms with Crippen LogP contribution in [0.3, 0.4) is 0 Å². The summed E-state index contributed by atoms with van der Waals surface area (Å²) in [7, 11) is 0. The van der Waals surface area contributed by atoms with E-state index in [1.807, 2.05) is 19.9 Å². The van der Waals surface area contributed by atoms with Crippen molar-refractivity contribution in [3.63, 3.8) is 0 Å². The Morgan fingerprint density at radius 2 is 1.24 bits per heavy atom. The van der Waals surface area contributed by atoms with Crippen molar-refractivity contribution in [1.29, 1.82) is 0 Å². The Kier molecular flexibility index (Phi) is 6.00. The minimum atomic E-state index is -0.630. The molecular formula is C30H20N2O6. The average molecular weight is 504 g/mol. The molecule has 4 aromatic carbocycles. The number of imide groups is 1. The van der Waals surface area contributed by atoms with E-state index >= 15 is 0 Å². The normalized spacial score (nSPS) is 12.4. The highest BCUT2D eigenvalue weighted by Crippen LogP contribution is 2.31. The van der Waals surface area contributed by atoms with E-state index in [9.17, 15) is 29.3 Å². The molecule has 0 spiro atoms. The summed E-state index contributed by atoms with van der Waals surface area (Å²) < 4.78 is 0. The van der Waals surface area contributed by atoms with Gasteiger partial charge in [0, 0.05) is 34.4 Å². The van der Waals surface area contributed by atoms with Crippen molar-refractivity contribution < 1.29 is 24.1 Å². The van der Waals surface area contributed by atoms with Gasteiger partial charge in [0.1, 0.15) is 0 Å². The van der Waals surface area contributed by atoms with E-state index in [1.54, 1.807) is 30.3 Å². The first-order chi connectivity index (χ1) is 18.2. The molecule has 0 aliphatic carbocycles. The van der Waals surface area contributed by atoms with Gasteiger partial charge in [-0.25, -0.2) is 4.90 Å². The molecule has 0 unspecified atom stereocenters. The molecule has 186 valence electrons. The highest BCUT2D eigenvalue weighted by molar-refractivity contribution is 6.35. The highest BCUT2D eigenvalue weighted by Gasteiger charge is 2.37. The number of amides is 2. The van der Waals surface area contributed by atoms with Crippen molar-refractivity contribution in [3.05, 3.63) is 140 Å². The number of hydrogen-bond donors (Lipinski definition) is 0. The zero-order valence-corrected chi connectivity index (χ0v) is 20.4. The minimum absolute atomic E-state index is 0.0390. The van der Waals surface area contributed by atoms with Gasteiger partial charge in [0.25, 0.3) is 17.5 Å². The second kappa shape index (κ2) is 9.33. The van der Waals surface area contributed by atoms with Crippen molar-refractivity contribution in [2.24, 2.45) is 0 Å². The smallest absolute Gasteiger partial charge is 0.270 e. The Bertz CT molecular complexity index is 1700. The average Bonchev–Trinajstić information content (AvgIpc) is 3.18. The summed E-state index contributed by atoms with van der Waals surface area (Å²) in [5, 5.41) is 11.1. The lowest BCUT2D eigenvalue weighted by Crippen LogP contribution is -2.29. The summed E-state index contributed by atoms with van der Waals surface area (Å²) in [5.74, 6) is -1.96. The van der Waals surface area contributed by atoms with Crippen molar-refractivity contribution in [3.8, 4) is 0 Å². The van der Waals surface area contributed by atoms with Crippen molar-refractivity contribution in [2.45, 2.75) is 13.8 Å². The maximum atomic E-state index is 13.3. The number of anilines is 1. The quantitative estimate of drug-likeness (QED) is 0.149. The first-order valence-electron chi connectivity index (χ1n) is 11.7. The molecular weight excluding hydrogens is 484 g/mol. The number of nitro benzene ring substituents is 1. The van der Waals surface area contributed by atoms with Crippen LogP contribution in [0, 0.1) is 24.0 Å². The zero-order valence-electron chi connectivity index (χ0n) is 20.4. The predicted molar refractivity (Wildman–Crippen MR) is 140 cm³/mol. The number of aryl methyl sites for hydroxylation is 2. The molecule has 5 rings (SSSR count). The minimum Gasteiger partial charge on any atom is -0.289 e. The van der Waals surface area contributed by atoms with Crippen LogP contribution in [0.5, 0.6) is 0 Å². The van der Waals surface area contributed by atoms with Gasteiger partial charge < -0.3 is 0 Å². The molecule has 0 atom stereocenters. The number of fused-ring (bicyclic) bond motifs is 1. The van der Waals surface area contributed by atoms with Crippen LogP contribution in [-0.2, 0) is 0 Å². The standard InChI is InChI=1S/C30H20N2O6/c1-17-9-10-21(13-18(17)2)27(33)19-5-3-7-23(14-19)31-29(35)25-12-11-22(16-26(25)30(31)36)28(34)20-6-4-8-24(15-20)32(37)38/h3-16H,1-2H3. The summed E-state index contributed by atoms with van der Waals surface area (Å²) in [6.45, 7) is 3.87. The fraction of sp³-hybridized carbons (Fsp3) is 0.0667. The lowest BCUT2D eigenvalue weighted by Gasteiger charge is -2.15. The number of non-ortho nitro benzene ring substituents is 1. The largest absolute Gasteiger partial charge is 0.289 e. The molecule has 38 heavy (non-hydrogen) atoms. The molecule has 4 aromatic rings. The van der Waals surface area contributed by atoms with Crippen LogP contribution in [-0.4, -0.2) is 28.3 Å². The molecule has 1 aliphatic heterocycles. The van der Waals surface area contributed by atoms with Crippen LogP contribution in [0.15, 0.2) is 84.9 Å². The number of nitro groups is 1. The van der Waals surface area contributed by atoms with Crippen molar-refractivity contribution in [1.82, 2.24) is 0 Å². The van der Waals surface area contributed by atoms with Crippen LogP contribution in [0.1, 0.15) is 63.7 Å². The third-order valence-electron chi connectivity index (χ3n) is 6.60. The summed E-state index contributed by atoms with van der Waals surface area (Å²) in [6, 6.07) is 21.1. The lowest BCUT2D eigenvalue weighted by atomic mass is 9.99. The molecule has 1 heterocycles.